The van der Waals surface area contributed by atoms with Crippen molar-refractivity contribution in [2.45, 2.75) is 38.5 Å². The van der Waals surface area contributed by atoms with Gasteiger partial charge in [0, 0.05) is 17.8 Å². The van der Waals surface area contributed by atoms with Crippen LogP contribution in [0.4, 0.5) is 0 Å². The van der Waals surface area contributed by atoms with Crippen molar-refractivity contribution in [3.8, 4) is 0 Å². The van der Waals surface area contributed by atoms with Crippen LogP contribution in [-0.4, -0.2) is 14.6 Å². The van der Waals surface area contributed by atoms with Crippen LogP contribution in [0.1, 0.15) is 37.8 Å². The summed E-state index contributed by atoms with van der Waals surface area (Å²) in [5.41, 5.74) is 1.81. The molecule has 0 bridgehead atoms. The van der Waals surface area contributed by atoms with Crippen molar-refractivity contribution in [2.75, 3.05) is 0 Å². The van der Waals surface area contributed by atoms with Crippen LogP contribution in [0.5, 0.6) is 0 Å². The third kappa shape index (κ3) is 2.12. The molecule has 1 saturated carbocycles. The van der Waals surface area contributed by atoms with Crippen molar-refractivity contribution in [3.63, 3.8) is 0 Å². The molecule has 0 saturated heterocycles. The number of hydrogen-bond acceptors (Lipinski definition) is 2. The molecule has 4 heteroatoms. The maximum atomic E-state index is 11.8. The van der Waals surface area contributed by atoms with Crippen LogP contribution >= 0.6 is 0 Å². The normalized spacial score (nSPS) is 17.6. The molecule has 2 heterocycles. The smallest absolute Gasteiger partial charge is 0.274 e. The summed E-state index contributed by atoms with van der Waals surface area (Å²) < 4.78 is 1.41. The van der Waals surface area contributed by atoms with E-state index >= 15 is 0 Å². The molecule has 1 aliphatic rings. The largest absolute Gasteiger partial charge is 0.343 e. The Hall–Kier alpha value is -1.58. The van der Waals surface area contributed by atoms with Gasteiger partial charge in [-0.15, -0.1) is 0 Å². The van der Waals surface area contributed by atoms with Gasteiger partial charge in [0.25, 0.3) is 5.56 Å². The zero-order valence-corrected chi connectivity index (χ0v) is 9.85. The Bertz CT molecular complexity index is 563. The second-order valence-electron chi connectivity index (χ2n) is 4.97. The molecule has 0 amide bonds. The number of aromatic amines is 1. The lowest BCUT2D eigenvalue weighted by atomic mass is 9.86. The molecule has 0 spiro atoms. The topological polar surface area (TPSA) is 50.2 Å². The fourth-order valence-corrected chi connectivity index (χ4v) is 2.80. The Morgan fingerprint density at radius 3 is 3.00 bits per heavy atom. The van der Waals surface area contributed by atoms with E-state index < -0.39 is 0 Å². The van der Waals surface area contributed by atoms with Crippen LogP contribution in [-0.2, 0) is 6.42 Å². The summed E-state index contributed by atoms with van der Waals surface area (Å²) in [5, 5.41) is 3.98. The Morgan fingerprint density at radius 1 is 1.35 bits per heavy atom. The van der Waals surface area contributed by atoms with E-state index in [1.807, 2.05) is 6.07 Å². The molecule has 0 aliphatic heterocycles. The van der Waals surface area contributed by atoms with Crippen molar-refractivity contribution in [2.24, 2.45) is 5.92 Å². The highest BCUT2D eigenvalue weighted by molar-refractivity contribution is 5.36. The molecule has 0 radical (unpaired) electrons. The summed E-state index contributed by atoms with van der Waals surface area (Å²) in [6.45, 7) is 0. The maximum absolute atomic E-state index is 11.8. The zero-order valence-electron chi connectivity index (χ0n) is 9.85. The number of rotatable bonds is 2. The minimum absolute atomic E-state index is 0.0328. The first-order valence-corrected chi connectivity index (χ1v) is 6.39. The molecule has 1 aliphatic carbocycles. The predicted molar refractivity (Wildman–Crippen MR) is 66.1 cm³/mol. The molecular weight excluding hydrogens is 214 g/mol. The van der Waals surface area contributed by atoms with Crippen LogP contribution in [0.15, 0.2) is 23.1 Å². The Balaban J connectivity index is 1.87. The van der Waals surface area contributed by atoms with E-state index in [0.717, 1.165) is 23.7 Å². The fraction of sp³-hybridized carbons (Fsp3) is 0.538. The predicted octanol–water partition coefficient (Wildman–Crippen LogP) is 2.15. The quantitative estimate of drug-likeness (QED) is 0.861. The van der Waals surface area contributed by atoms with Crippen molar-refractivity contribution >= 4 is 5.65 Å². The lowest BCUT2D eigenvalue weighted by Crippen LogP contribution is -2.17. The SMILES string of the molecule is O=c1cc(CC2CCCCC2)[nH]c2ccnn12. The van der Waals surface area contributed by atoms with Gasteiger partial charge in [-0.2, -0.15) is 9.61 Å². The third-order valence-electron chi connectivity index (χ3n) is 3.67. The second-order valence-corrected chi connectivity index (χ2v) is 4.97. The van der Waals surface area contributed by atoms with Gasteiger partial charge in [-0.1, -0.05) is 32.1 Å². The zero-order chi connectivity index (χ0) is 11.7. The van der Waals surface area contributed by atoms with Gasteiger partial charge in [-0.3, -0.25) is 4.79 Å². The average Bonchev–Trinajstić information content (AvgIpc) is 2.79. The van der Waals surface area contributed by atoms with Crippen molar-refractivity contribution in [3.05, 3.63) is 34.4 Å². The van der Waals surface area contributed by atoms with Gasteiger partial charge in [0.15, 0.2) is 0 Å². The Kier molecular flexibility index (Phi) is 2.71. The van der Waals surface area contributed by atoms with Crippen LogP contribution in [0.25, 0.3) is 5.65 Å². The molecule has 2 aromatic heterocycles. The standard InChI is InChI=1S/C13H17N3O/c17-13-9-11(8-10-4-2-1-3-5-10)15-12-6-7-14-16(12)13/h6-7,9-10,15H,1-5,8H2. The minimum Gasteiger partial charge on any atom is -0.343 e. The Morgan fingerprint density at radius 2 is 2.18 bits per heavy atom. The lowest BCUT2D eigenvalue weighted by Gasteiger charge is -2.21. The van der Waals surface area contributed by atoms with Crippen LogP contribution in [0, 0.1) is 5.92 Å². The first kappa shape index (κ1) is 10.6. The molecular formula is C13H17N3O. The lowest BCUT2D eigenvalue weighted by molar-refractivity contribution is 0.354. The number of nitrogens with one attached hydrogen (secondary N) is 1. The fourth-order valence-electron chi connectivity index (χ4n) is 2.80. The summed E-state index contributed by atoms with van der Waals surface area (Å²) >= 11 is 0. The van der Waals surface area contributed by atoms with Gasteiger partial charge in [0.05, 0.1) is 6.20 Å². The molecule has 3 rings (SSSR count). The number of H-pyrrole nitrogens is 1. The summed E-state index contributed by atoms with van der Waals surface area (Å²) in [4.78, 5) is 15.1. The summed E-state index contributed by atoms with van der Waals surface area (Å²) in [5.74, 6) is 0.741. The van der Waals surface area contributed by atoms with Crippen LogP contribution in [0.3, 0.4) is 0 Å². The van der Waals surface area contributed by atoms with Gasteiger partial charge < -0.3 is 4.98 Å². The van der Waals surface area contributed by atoms with Crippen molar-refractivity contribution < 1.29 is 0 Å². The number of fused-ring (bicyclic) bond motifs is 1. The number of hydrogen-bond donors (Lipinski definition) is 1. The molecule has 90 valence electrons. The first-order valence-electron chi connectivity index (χ1n) is 6.39. The summed E-state index contributed by atoms with van der Waals surface area (Å²) in [6, 6.07) is 3.53. The van der Waals surface area contributed by atoms with E-state index in [1.165, 1.54) is 36.6 Å². The highest BCUT2D eigenvalue weighted by Gasteiger charge is 2.14. The summed E-state index contributed by atoms with van der Waals surface area (Å²) in [6.07, 6.45) is 9.29. The molecule has 0 aromatic carbocycles. The van der Waals surface area contributed by atoms with E-state index in [-0.39, 0.29) is 5.56 Å². The van der Waals surface area contributed by atoms with Crippen molar-refractivity contribution in [1.29, 1.82) is 0 Å². The number of nitrogens with zero attached hydrogens (tertiary/aromatic N) is 2. The highest BCUT2D eigenvalue weighted by Crippen LogP contribution is 2.26. The molecule has 1 fully saturated rings. The van der Waals surface area contributed by atoms with Gasteiger partial charge in [0.1, 0.15) is 5.65 Å². The van der Waals surface area contributed by atoms with Crippen molar-refractivity contribution in [1.82, 2.24) is 14.6 Å². The Labute approximate surface area is 99.7 Å². The van der Waals surface area contributed by atoms with E-state index in [9.17, 15) is 4.79 Å². The molecule has 0 unspecified atom stereocenters. The van der Waals surface area contributed by atoms with E-state index in [0.29, 0.717) is 0 Å². The third-order valence-corrected chi connectivity index (χ3v) is 3.67. The maximum Gasteiger partial charge on any atom is 0.274 e. The van der Waals surface area contributed by atoms with E-state index in [1.54, 1.807) is 12.3 Å². The molecule has 0 atom stereocenters. The summed E-state index contributed by atoms with van der Waals surface area (Å²) in [7, 11) is 0. The second kappa shape index (κ2) is 4.35. The average molecular weight is 231 g/mol. The van der Waals surface area contributed by atoms with E-state index in [4.69, 9.17) is 0 Å². The molecule has 4 nitrogen and oxygen atoms in total. The van der Waals surface area contributed by atoms with Gasteiger partial charge in [-0.25, -0.2) is 0 Å². The molecule has 2 aromatic rings. The molecule has 17 heavy (non-hydrogen) atoms. The van der Waals surface area contributed by atoms with E-state index in [2.05, 4.69) is 10.1 Å². The van der Waals surface area contributed by atoms with Gasteiger partial charge >= 0.3 is 0 Å². The minimum atomic E-state index is -0.0328. The highest BCUT2D eigenvalue weighted by atomic mass is 16.1. The van der Waals surface area contributed by atoms with Crippen LogP contribution in [0.2, 0.25) is 0 Å². The van der Waals surface area contributed by atoms with Crippen LogP contribution < -0.4 is 5.56 Å². The first-order chi connectivity index (χ1) is 8.33. The van der Waals surface area contributed by atoms with Gasteiger partial charge in [-0.05, 0) is 12.3 Å². The van der Waals surface area contributed by atoms with Gasteiger partial charge in [0.2, 0.25) is 0 Å². The monoisotopic (exact) mass is 231 g/mol. The number of aromatic nitrogens is 3. The molecule has 1 N–H and O–H groups in total.